The summed E-state index contributed by atoms with van der Waals surface area (Å²) >= 11 is 0. The van der Waals surface area contributed by atoms with E-state index in [0.29, 0.717) is 6.42 Å². The summed E-state index contributed by atoms with van der Waals surface area (Å²) in [6.45, 7) is 2.70. The molecule has 106 valence electrons. The van der Waals surface area contributed by atoms with Crippen LogP contribution in [0, 0.1) is 0 Å². The van der Waals surface area contributed by atoms with E-state index >= 15 is 0 Å². The second-order valence-corrected chi connectivity index (χ2v) is 4.57. The van der Waals surface area contributed by atoms with Crippen molar-refractivity contribution in [3.05, 3.63) is 23.8 Å². The minimum Gasteiger partial charge on any atom is -0.398 e. The van der Waals surface area contributed by atoms with Gasteiger partial charge < -0.3 is 15.4 Å². The van der Waals surface area contributed by atoms with Crippen LogP contribution in [-0.2, 0) is 16.0 Å². The van der Waals surface area contributed by atoms with Crippen LogP contribution in [0.2, 0.25) is 0 Å². The third kappa shape index (κ3) is 3.01. The number of carbonyl (C=O) groups excluding carboxylic acids is 1. The first kappa shape index (κ1) is 15.8. The summed E-state index contributed by atoms with van der Waals surface area (Å²) in [4.78, 5) is 14.2. The zero-order chi connectivity index (χ0) is 13.1. The number of rotatable bonds is 3. The van der Waals surface area contributed by atoms with Gasteiger partial charge in [-0.2, -0.15) is 0 Å². The van der Waals surface area contributed by atoms with Crippen LogP contribution in [-0.4, -0.2) is 25.7 Å². The summed E-state index contributed by atoms with van der Waals surface area (Å²) in [5.74, 6) is 0.0338. The van der Waals surface area contributed by atoms with Crippen LogP contribution in [0.25, 0.3) is 0 Å². The number of fused-ring (bicyclic) bond motifs is 1. The SMILES string of the molecule is CCC(OC)C(=O)N1CCCc2c(N)cccc21.Cl. The Morgan fingerprint density at radius 1 is 1.53 bits per heavy atom. The van der Waals surface area contributed by atoms with Gasteiger partial charge in [0.2, 0.25) is 0 Å². The Bertz CT molecular complexity index is 447. The summed E-state index contributed by atoms with van der Waals surface area (Å²) in [5.41, 5.74) is 8.78. The lowest BCUT2D eigenvalue weighted by atomic mass is 9.99. The zero-order valence-electron chi connectivity index (χ0n) is 11.4. The molecule has 1 aliphatic rings. The molecule has 0 saturated heterocycles. The highest BCUT2D eigenvalue weighted by molar-refractivity contribution is 5.98. The van der Waals surface area contributed by atoms with E-state index in [0.717, 1.165) is 36.3 Å². The second-order valence-electron chi connectivity index (χ2n) is 4.57. The molecule has 0 bridgehead atoms. The van der Waals surface area contributed by atoms with E-state index in [-0.39, 0.29) is 24.4 Å². The van der Waals surface area contributed by atoms with Crippen LogP contribution >= 0.6 is 12.4 Å². The summed E-state index contributed by atoms with van der Waals surface area (Å²) < 4.78 is 5.24. The van der Waals surface area contributed by atoms with Gasteiger partial charge in [-0.05, 0) is 37.0 Å². The first-order chi connectivity index (χ1) is 8.69. The van der Waals surface area contributed by atoms with Crippen LogP contribution in [0.1, 0.15) is 25.3 Å². The quantitative estimate of drug-likeness (QED) is 0.867. The van der Waals surface area contributed by atoms with Gasteiger partial charge in [0.15, 0.2) is 0 Å². The van der Waals surface area contributed by atoms with Crippen LogP contribution in [0.4, 0.5) is 11.4 Å². The molecule has 1 heterocycles. The number of benzene rings is 1. The van der Waals surface area contributed by atoms with Gasteiger partial charge in [-0.15, -0.1) is 12.4 Å². The number of hydrogen-bond donors (Lipinski definition) is 1. The molecule has 2 rings (SSSR count). The van der Waals surface area contributed by atoms with Crippen molar-refractivity contribution in [1.82, 2.24) is 0 Å². The minimum atomic E-state index is -0.364. The molecule has 4 nitrogen and oxygen atoms in total. The standard InChI is InChI=1S/C14H20N2O2.ClH/c1-3-13(18-2)14(17)16-9-5-6-10-11(15)7-4-8-12(10)16;/h4,7-8,13H,3,5-6,9,15H2,1-2H3;1H. The number of amides is 1. The fraction of sp³-hybridized carbons (Fsp3) is 0.500. The summed E-state index contributed by atoms with van der Waals surface area (Å²) in [6, 6.07) is 5.75. The maximum Gasteiger partial charge on any atom is 0.256 e. The second kappa shape index (κ2) is 6.78. The van der Waals surface area contributed by atoms with Crippen molar-refractivity contribution < 1.29 is 9.53 Å². The third-order valence-corrected chi connectivity index (χ3v) is 3.48. The number of hydrogen-bond acceptors (Lipinski definition) is 3. The molecule has 19 heavy (non-hydrogen) atoms. The molecule has 0 saturated carbocycles. The third-order valence-electron chi connectivity index (χ3n) is 3.48. The number of nitrogen functional groups attached to an aromatic ring is 1. The molecule has 2 N–H and O–H groups in total. The van der Waals surface area contributed by atoms with E-state index in [9.17, 15) is 4.79 Å². The molecule has 0 aliphatic carbocycles. The Kier molecular flexibility index (Phi) is 5.63. The number of nitrogens with two attached hydrogens (primary N) is 1. The number of carbonyl (C=O) groups is 1. The van der Waals surface area contributed by atoms with Gasteiger partial charge in [0.1, 0.15) is 6.10 Å². The molecule has 0 fully saturated rings. The molecule has 1 atom stereocenters. The first-order valence-corrected chi connectivity index (χ1v) is 6.40. The lowest BCUT2D eigenvalue weighted by Gasteiger charge is -2.32. The molecule has 1 aromatic rings. The Morgan fingerprint density at radius 3 is 2.89 bits per heavy atom. The van der Waals surface area contributed by atoms with E-state index in [1.165, 1.54) is 0 Å². The van der Waals surface area contributed by atoms with Crippen LogP contribution < -0.4 is 10.6 Å². The lowest BCUT2D eigenvalue weighted by Crippen LogP contribution is -2.42. The average molecular weight is 285 g/mol. The zero-order valence-corrected chi connectivity index (χ0v) is 12.2. The molecule has 1 aliphatic heterocycles. The normalized spacial score (nSPS) is 15.4. The molecular weight excluding hydrogens is 264 g/mol. The van der Waals surface area contributed by atoms with E-state index in [2.05, 4.69) is 0 Å². The van der Waals surface area contributed by atoms with Crippen molar-refractivity contribution >= 4 is 29.7 Å². The molecule has 1 unspecified atom stereocenters. The smallest absolute Gasteiger partial charge is 0.256 e. The Labute approximate surface area is 120 Å². The topological polar surface area (TPSA) is 55.6 Å². The number of ether oxygens (including phenoxy) is 1. The van der Waals surface area contributed by atoms with Gasteiger partial charge in [-0.3, -0.25) is 4.79 Å². The predicted octanol–water partition coefficient (Wildman–Crippen LogP) is 2.39. The summed E-state index contributed by atoms with van der Waals surface area (Å²) in [7, 11) is 1.58. The van der Waals surface area contributed by atoms with Crippen LogP contribution in [0.3, 0.4) is 0 Å². The first-order valence-electron chi connectivity index (χ1n) is 6.40. The number of anilines is 2. The largest absolute Gasteiger partial charge is 0.398 e. The van der Waals surface area contributed by atoms with Gasteiger partial charge in [0, 0.05) is 25.0 Å². The van der Waals surface area contributed by atoms with E-state index < -0.39 is 0 Å². The highest BCUT2D eigenvalue weighted by Gasteiger charge is 2.28. The molecule has 5 heteroatoms. The molecular formula is C14H21ClN2O2. The number of nitrogens with zero attached hydrogens (tertiary/aromatic N) is 1. The van der Waals surface area contributed by atoms with E-state index in [1.807, 2.05) is 30.0 Å². The molecule has 0 aromatic heterocycles. The van der Waals surface area contributed by atoms with Gasteiger partial charge in [0.05, 0.1) is 0 Å². The van der Waals surface area contributed by atoms with E-state index in [4.69, 9.17) is 10.5 Å². The highest BCUT2D eigenvalue weighted by Crippen LogP contribution is 2.31. The van der Waals surface area contributed by atoms with Gasteiger partial charge in [-0.1, -0.05) is 13.0 Å². The predicted molar refractivity (Wildman–Crippen MR) is 79.9 cm³/mol. The lowest BCUT2D eigenvalue weighted by molar-refractivity contribution is -0.128. The maximum absolute atomic E-state index is 12.4. The fourth-order valence-electron chi connectivity index (χ4n) is 2.50. The van der Waals surface area contributed by atoms with Gasteiger partial charge in [-0.25, -0.2) is 0 Å². The van der Waals surface area contributed by atoms with Crippen molar-refractivity contribution in [2.75, 3.05) is 24.3 Å². The van der Waals surface area contributed by atoms with Crippen molar-refractivity contribution in [2.45, 2.75) is 32.3 Å². The molecule has 1 amide bonds. The van der Waals surface area contributed by atoms with Crippen LogP contribution in [0.5, 0.6) is 0 Å². The monoisotopic (exact) mass is 284 g/mol. The highest BCUT2D eigenvalue weighted by atomic mass is 35.5. The molecule has 1 aromatic carbocycles. The van der Waals surface area contributed by atoms with E-state index in [1.54, 1.807) is 7.11 Å². The molecule has 0 spiro atoms. The number of methoxy groups -OCH3 is 1. The van der Waals surface area contributed by atoms with Crippen molar-refractivity contribution in [2.24, 2.45) is 0 Å². The Balaban J connectivity index is 0.00000180. The fourth-order valence-corrected chi connectivity index (χ4v) is 2.50. The average Bonchev–Trinajstić information content (AvgIpc) is 2.40. The van der Waals surface area contributed by atoms with Gasteiger partial charge >= 0.3 is 0 Å². The van der Waals surface area contributed by atoms with Crippen LogP contribution in [0.15, 0.2) is 18.2 Å². The number of halogens is 1. The summed E-state index contributed by atoms with van der Waals surface area (Å²) in [5, 5.41) is 0. The van der Waals surface area contributed by atoms with Crippen molar-refractivity contribution in [3.8, 4) is 0 Å². The maximum atomic E-state index is 12.4. The molecule has 0 radical (unpaired) electrons. The minimum absolute atomic E-state index is 0. The summed E-state index contributed by atoms with van der Waals surface area (Å²) in [6.07, 6.45) is 2.21. The van der Waals surface area contributed by atoms with Gasteiger partial charge in [0.25, 0.3) is 5.91 Å². The van der Waals surface area contributed by atoms with Crippen molar-refractivity contribution in [1.29, 1.82) is 0 Å². The Morgan fingerprint density at radius 2 is 2.26 bits per heavy atom. The van der Waals surface area contributed by atoms with Crippen molar-refractivity contribution in [3.63, 3.8) is 0 Å². The Hall–Kier alpha value is -1.26.